The lowest BCUT2D eigenvalue weighted by atomic mass is 9.95. The average Bonchev–Trinajstić information content (AvgIpc) is 3.26. The number of rotatable bonds is 3. The van der Waals surface area contributed by atoms with Gasteiger partial charge in [-0.05, 0) is 24.3 Å². The topological polar surface area (TPSA) is 72.7 Å². The molecule has 1 aliphatic rings. The summed E-state index contributed by atoms with van der Waals surface area (Å²) in [5.41, 5.74) is 1.25. The number of carbonyl (C=O) groups is 1. The Kier molecular flexibility index (Phi) is 3.78. The van der Waals surface area contributed by atoms with Crippen LogP contribution in [0.5, 0.6) is 0 Å². The molecule has 0 radical (unpaired) electrons. The normalized spacial score (nSPS) is 15.8. The number of thiophene rings is 1. The largest absolute Gasteiger partial charge is 0.348 e. The van der Waals surface area contributed by atoms with E-state index in [-0.39, 0.29) is 11.9 Å². The van der Waals surface area contributed by atoms with E-state index in [4.69, 9.17) is 0 Å². The predicted octanol–water partition coefficient (Wildman–Crippen LogP) is 2.94. The molecule has 0 spiro atoms. The van der Waals surface area contributed by atoms with Gasteiger partial charge in [0, 0.05) is 18.4 Å². The third-order valence-electron chi connectivity index (χ3n) is 4.18. The number of nitrogens with one attached hydrogen (secondary N) is 1. The van der Waals surface area contributed by atoms with Crippen molar-refractivity contribution in [1.82, 2.24) is 24.8 Å². The van der Waals surface area contributed by atoms with Gasteiger partial charge >= 0.3 is 0 Å². The van der Waals surface area contributed by atoms with Gasteiger partial charge in [-0.3, -0.25) is 9.36 Å². The second kappa shape index (κ2) is 6.08. The number of aromatic nitrogens is 4. The number of nitrogens with zero attached hydrogens (tertiary/aromatic N) is 4. The molecule has 3 aromatic rings. The van der Waals surface area contributed by atoms with Crippen molar-refractivity contribution in [2.45, 2.75) is 38.1 Å². The molecular formula is C16H17N5OS. The highest BCUT2D eigenvalue weighted by molar-refractivity contribution is 7.17. The molecule has 23 heavy (non-hydrogen) atoms. The Balaban J connectivity index is 1.69. The molecule has 7 heteroatoms. The smallest absolute Gasteiger partial charge is 0.271 e. The van der Waals surface area contributed by atoms with E-state index in [1.54, 1.807) is 23.3 Å². The Morgan fingerprint density at radius 3 is 2.91 bits per heavy atom. The average molecular weight is 327 g/mol. The highest BCUT2D eigenvalue weighted by Gasteiger charge is 2.21. The summed E-state index contributed by atoms with van der Waals surface area (Å²) in [5.74, 6) is 0.371. The van der Waals surface area contributed by atoms with E-state index in [1.807, 2.05) is 11.4 Å². The van der Waals surface area contributed by atoms with Crippen molar-refractivity contribution in [1.29, 1.82) is 0 Å². The van der Waals surface area contributed by atoms with Crippen LogP contribution in [-0.4, -0.2) is 31.5 Å². The van der Waals surface area contributed by atoms with E-state index >= 15 is 0 Å². The van der Waals surface area contributed by atoms with Crippen LogP contribution >= 0.6 is 11.3 Å². The maximum absolute atomic E-state index is 12.7. The lowest BCUT2D eigenvalue weighted by molar-refractivity contribution is 0.0924. The van der Waals surface area contributed by atoms with E-state index in [1.165, 1.54) is 30.6 Å². The van der Waals surface area contributed by atoms with Crippen LogP contribution in [0.4, 0.5) is 0 Å². The summed E-state index contributed by atoms with van der Waals surface area (Å²) in [6, 6.07) is 2.18. The van der Waals surface area contributed by atoms with Crippen molar-refractivity contribution in [3.8, 4) is 5.95 Å². The molecule has 0 unspecified atom stereocenters. The summed E-state index contributed by atoms with van der Waals surface area (Å²) in [5, 5.41) is 5.08. The number of fused-ring (bicyclic) bond motifs is 1. The minimum Gasteiger partial charge on any atom is -0.348 e. The number of carbonyl (C=O) groups excluding carboxylic acids is 1. The summed E-state index contributed by atoms with van der Waals surface area (Å²) < 4.78 is 2.55. The predicted molar refractivity (Wildman–Crippen MR) is 88.9 cm³/mol. The van der Waals surface area contributed by atoms with Crippen LogP contribution in [0.25, 0.3) is 16.2 Å². The van der Waals surface area contributed by atoms with E-state index in [2.05, 4.69) is 20.3 Å². The quantitative estimate of drug-likeness (QED) is 0.803. The SMILES string of the molecule is O=C(NC1CCCCC1)c1nc(-n2ccnc2)nc2ccsc12. The minimum atomic E-state index is -0.104. The molecule has 118 valence electrons. The maximum Gasteiger partial charge on any atom is 0.271 e. The first-order valence-electron chi connectivity index (χ1n) is 7.86. The van der Waals surface area contributed by atoms with Crippen LogP contribution in [0.2, 0.25) is 0 Å². The maximum atomic E-state index is 12.7. The number of amides is 1. The van der Waals surface area contributed by atoms with Gasteiger partial charge in [-0.25, -0.2) is 15.0 Å². The molecule has 1 fully saturated rings. The fourth-order valence-electron chi connectivity index (χ4n) is 3.00. The molecule has 0 atom stereocenters. The monoisotopic (exact) mass is 327 g/mol. The molecule has 1 aliphatic carbocycles. The molecule has 0 saturated heterocycles. The van der Waals surface area contributed by atoms with Crippen molar-refractivity contribution in [2.24, 2.45) is 0 Å². The first-order valence-corrected chi connectivity index (χ1v) is 8.73. The van der Waals surface area contributed by atoms with Gasteiger partial charge in [-0.1, -0.05) is 19.3 Å². The highest BCUT2D eigenvalue weighted by Crippen LogP contribution is 2.24. The van der Waals surface area contributed by atoms with Gasteiger partial charge in [0.2, 0.25) is 5.95 Å². The first kappa shape index (κ1) is 14.3. The van der Waals surface area contributed by atoms with Crippen molar-refractivity contribution < 1.29 is 4.79 Å². The van der Waals surface area contributed by atoms with E-state index in [9.17, 15) is 4.79 Å². The zero-order valence-corrected chi connectivity index (χ0v) is 13.4. The molecule has 1 amide bonds. The zero-order valence-electron chi connectivity index (χ0n) is 12.6. The molecule has 3 aromatic heterocycles. The zero-order chi connectivity index (χ0) is 15.6. The summed E-state index contributed by atoms with van der Waals surface area (Å²) in [4.78, 5) is 25.7. The van der Waals surface area contributed by atoms with Crippen LogP contribution < -0.4 is 5.32 Å². The Morgan fingerprint density at radius 1 is 1.26 bits per heavy atom. The molecular weight excluding hydrogens is 310 g/mol. The molecule has 1 N–H and O–H groups in total. The van der Waals surface area contributed by atoms with Crippen molar-refractivity contribution in [3.05, 3.63) is 35.9 Å². The lowest BCUT2D eigenvalue weighted by Crippen LogP contribution is -2.36. The second-order valence-electron chi connectivity index (χ2n) is 5.79. The molecule has 0 bridgehead atoms. The molecule has 4 rings (SSSR count). The molecule has 3 heterocycles. The molecule has 1 saturated carbocycles. The summed E-state index contributed by atoms with van der Waals surface area (Å²) in [7, 11) is 0. The Morgan fingerprint density at radius 2 is 2.13 bits per heavy atom. The van der Waals surface area contributed by atoms with Gasteiger partial charge in [0.1, 0.15) is 6.33 Å². The Hall–Kier alpha value is -2.28. The van der Waals surface area contributed by atoms with Crippen LogP contribution in [0, 0.1) is 0 Å². The van der Waals surface area contributed by atoms with Crippen LogP contribution in [0.3, 0.4) is 0 Å². The summed E-state index contributed by atoms with van der Waals surface area (Å²) in [6.07, 6.45) is 10.8. The number of hydrogen-bond donors (Lipinski definition) is 1. The number of hydrogen-bond acceptors (Lipinski definition) is 5. The Bertz CT molecular complexity index is 820. The first-order chi connectivity index (χ1) is 11.3. The van der Waals surface area contributed by atoms with Gasteiger partial charge in [0.25, 0.3) is 5.91 Å². The number of imidazole rings is 1. The molecule has 0 aromatic carbocycles. The second-order valence-corrected chi connectivity index (χ2v) is 6.70. The van der Waals surface area contributed by atoms with E-state index < -0.39 is 0 Å². The fourth-order valence-corrected chi connectivity index (χ4v) is 3.82. The van der Waals surface area contributed by atoms with E-state index in [0.29, 0.717) is 11.6 Å². The van der Waals surface area contributed by atoms with Gasteiger partial charge in [-0.15, -0.1) is 11.3 Å². The van der Waals surface area contributed by atoms with Crippen molar-refractivity contribution in [2.75, 3.05) is 0 Å². The standard InChI is InChI=1S/C16H17N5OS/c22-15(18-11-4-2-1-3-5-11)13-14-12(6-9-23-14)19-16(20-13)21-8-7-17-10-21/h6-11H,1-5H2,(H,18,22). The van der Waals surface area contributed by atoms with Crippen LogP contribution in [-0.2, 0) is 0 Å². The van der Waals surface area contributed by atoms with Crippen LogP contribution in [0.15, 0.2) is 30.2 Å². The molecule has 0 aliphatic heterocycles. The lowest BCUT2D eigenvalue weighted by Gasteiger charge is -2.22. The summed E-state index contributed by atoms with van der Waals surface area (Å²) in [6.45, 7) is 0. The van der Waals surface area contributed by atoms with Crippen LogP contribution in [0.1, 0.15) is 42.6 Å². The minimum absolute atomic E-state index is 0.104. The van der Waals surface area contributed by atoms with E-state index in [0.717, 1.165) is 23.1 Å². The van der Waals surface area contributed by atoms with Gasteiger partial charge in [0.05, 0.1) is 10.2 Å². The third-order valence-corrected chi connectivity index (χ3v) is 5.09. The van der Waals surface area contributed by atoms with Gasteiger partial charge < -0.3 is 5.32 Å². The van der Waals surface area contributed by atoms with Crippen molar-refractivity contribution >= 4 is 27.5 Å². The van der Waals surface area contributed by atoms with Gasteiger partial charge in [0.15, 0.2) is 5.69 Å². The molecule has 6 nitrogen and oxygen atoms in total. The van der Waals surface area contributed by atoms with Gasteiger partial charge in [-0.2, -0.15) is 0 Å². The highest BCUT2D eigenvalue weighted by atomic mass is 32.1. The summed E-state index contributed by atoms with van der Waals surface area (Å²) >= 11 is 1.50. The third kappa shape index (κ3) is 2.84. The van der Waals surface area contributed by atoms with Crippen molar-refractivity contribution in [3.63, 3.8) is 0 Å². The Labute approximate surface area is 137 Å². The fraction of sp³-hybridized carbons (Fsp3) is 0.375.